The van der Waals surface area contributed by atoms with Crippen LogP contribution in [0.3, 0.4) is 0 Å². The first kappa shape index (κ1) is 37.3. The lowest BCUT2D eigenvalue weighted by Gasteiger charge is -2.26. The summed E-state index contributed by atoms with van der Waals surface area (Å²) in [6.45, 7) is 0. The summed E-state index contributed by atoms with van der Waals surface area (Å²) in [5.74, 6) is 0. The van der Waals surface area contributed by atoms with Crippen molar-refractivity contribution in [3.05, 3.63) is 249 Å². The quantitative estimate of drug-likeness (QED) is 0.142. The Morgan fingerprint density at radius 2 is 0.688 bits per heavy atom. The van der Waals surface area contributed by atoms with Gasteiger partial charge in [-0.3, -0.25) is 0 Å². The van der Waals surface area contributed by atoms with Crippen LogP contribution in [0.2, 0.25) is 0 Å². The third-order valence-electron chi connectivity index (χ3n) is 12.7. The highest BCUT2D eigenvalue weighted by Gasteiger charge is 2.17. The third kappa shape index (κ3) is 6.70. The summed E-state index contributed by atoms with van der Waals surface area (Å²) in [5.41, 5.74) is 16.8. The fourth-order valence-corrected chi connectivity index (χ4v) is 9.45. The smallest absolute Gasteiger partial charge is 0.143 e. The van der Waals surface area contributed by atoms with E-state index in [4.69, 9.17) is 4.42 Å². The van der Waals surface area contributed by atoms with Gasteiger partial charge in [-0.05, 0) is 126 Å². The van der Waals surface area contributed by atoms with Gasteiger partial charge in [0.1, 0.15) is 11.2 Å². The van der Waals surface area contributed by atoms with Gasteiger partial charge < -0.3 is 9.32 Å². The topological polar surface area (TPSA) is 16.4 Å². The molecule has 0 radical (unpaired) electrons. The first-order chi connectivity index (χ1) is 31.7. The van der Waals surface area contributed by atoms with E-state index >= 15 is 0 Å². The lowest BCUT2D eigenvalue weighted by atomic mass is 9.93. The SMILES string of the molecule is c1ccc(-c2ccc(-c3ccc(N(c4ccc(-c5ccc6oc7c(-c8ccccc8)cccc7c6c5)cc4)c4ccc(-c5cc6ccccc6c6ccccc56)cc4)cc3)cc2)cc1. The van der Waals surface area contributed by atoms with E-state index in [0.717, 1.165) is 61.3 Å². The predicted octanol–water partition coefficient (Wildman–Crippen LogP) is 17.7. The fourth-order valence-electron chi connectivity index (χ4n) is 9.45. The molecule has 12 rings (SSSR count). The van der Waals surface area contributed by atoms with Crippen LogP contribution < -0.4 is 4.90 Å². The molecule has 2 nitrogen and oxygen atoms in total. The lowest BCUT2D eigenvalue weighted by Crippen LogP contribution is -2.09. The summed E-state index contributed by atoms with van der Waals surface area (Å²) in [7, 11) is 0. The molecule has 11 aromatic carbocycles. The van der Waals surface area contributed by atoms with E-state index in [9.17, 15) is 0 Å². The molecule has 2 heteroatoms. The van der Waals surface area contributed by atoms with Crippen LogP contribution in [0.1, 0.15) is 0 Å². The minimum absolute atomic E-state index is 0.889. The van der Waals surface area contributed by atoms with Gasteiger partial charge in [0.25, 0.3) is 0 Å². The zero-order chi connectivity index (χ0) is 42.4. The summed E-state index contributed by atoms with van der Waals surface area (Å²) in [5, 5.41) is 7.29. The number of fused-ring (bicyclic) bond motifs is 6. The van der Waals surface area contributed by atoms with Crippen molar-refractivity contribution in [3.63, 3.8) is 0 Å². The summed E-state index contributed by atoms with van der Waals surface area (Å²) >= 11 is 0. The highest BCUT2D eigenvalue weighted by Crippen LogP contribution is 2.42. The van der Waals surface area contributed by atoms with Crippen LogP contribution >= 0.6 is 0 Å². The molecular formula is C62H41NO. The Kier molecular flexibility index (Phi) is 9.20. The molecule has 0 spiro atoms. The van der Waals surface area contributed by atoms with Crippen LogP contribution in [0.4, 0.5) is 17.1 Å². The van der Waals surface area contributed by atoms with Crippen LogP contribution in [0.15, 0.2) is 253 Å². The molecule has 0 unspecified atom stereocenters. The van der Waals surface area contributed by atoms with Crippen molar-refractivity contribution in [2.75, 3.05) is 4.90 Å². The maximum Gasteiger partial charge on any atom is 0.143 e. The Hall–Kier alpha value is -8.46. The van der Waals surface area contributed by atoms with Crippen molar-refractivity contribution in [1.82, 2.24) is 0 Å². The van der Waals surface area contributed by atoms with Crippen molar-refractivity contribution in [1.29, 1.82) is 0 Å². The van der Waals surface area contributed by atoms with Gasteiger partial charge in [-0.1, -0.05) is 194 Å². The summed E-state index contributed by atoms with van der Waals surface area (Å²) < 4.78 is 6.51. The first-order valence-electron chi connectivity index (χ1n) is 21.9. The van der Waals surface area contributed by atoms with E-state index in [0.29, 0.717) is 0 Å². The molecule has 300 valence electrons. The average Bonchev–Trinajstić information content (AvgIpc) is 3.76. The standard InChI is InChI=1S/C62H41NO/c1-3-12-42(13-4-1)43-22-24-44(25-23-43)45-26-33-51(34-27-45)63(53-37-30-48(31-38-53)59-41-50-16-7-8-17-54(50)56-18-9-10-19-57(56)59)52-35-28-46(29-36-52)49-32-39-61-60(40-49)58-21-11-20-55(62(58)64-61)47-14-5-2-6-15-47/h1-41H. The molecule has 0 saturated heterocycles. The van der Waals surface area contributed by atoms with Crippen molar-refractivity contribution in [2.45, 2.75) is 0 Å². The van der Waals surface area contributed by atoms with Gasteiger partial charge >= 0.3 is 0 Å². The molecule has 0 amide bonds. The van der Waals surface area contributed by atoms with E-state index in [1.54, 1.807) is 0 Å². The maximum atomic E-state index is 6.51. The molecule has 12 aromatic rings. The van der Waals surface area contributed by atoms with Crippen molar-refractivity contribution < 1.29 is 4.42 Å². The number of nitrogens with zero attached hydrogens (tertiary/aromatic N) is 1. The monoisotopic (exact) mass is 815 g/mol. The zero-order valence-corrected chi connectivity index (χ0v) is 35.0. The molecule has 1 heterocycles. The third-order valence-corrected chi connectivity index (χ3v) is 12.7. The van der Waals surface area contributed by atoms with Gasteiger partial charge in [0, 0.05) is 33.4 Å². The van der Waals surface area contributed by atoms with Crippen molar-refractivity contribution >= 4 is 60.5 Å². The van der Waals surface area contributed by atoms with E-state index in [-0.39, 0.29) is 0 Å². The Morgan fingerprint density at radius 1 is 0.250 bits per heavy atom. The number of furan rings is 1. The van der Waals surface area contributed by atoms with Crippen LogP contribution in [0.5, 0.6) is 0 Å². The van der Waals surface area contributed by atoms with E-state index in [1.807, 2.05) is 6.07 Å². The molecule has 0 aliphatic carbocycles. The molecule has 0 fully saturated rings. The number of hydrogen-bond donors (Lipinski definition) is 0. The fraction of sp³-hybridized carbons (Fsp3) is 0. The largest absolute Gasteiger partial charge is 0.455 e. The van der Waals surface area contributed by atoms with E-state index < -0.39 is 0 Å². The van der Waals surface area contributed by atoms with Crippen LogP contribution in [-0.2, 0) is 0 Å². The minimum atomic E-state index is 0.889. The second-order valence-corrected chi connectivity index (χ2v) is 16.5. The van der Waals surface area contributed by atoms with E-state index in [1.165, 1.54) is 54.9 Å². The Morgan fingerprint density at radius 3 is 1.31 bits per heavy atom. The molecule has 64 heavy (non-hydrogen) atoms. The molecular weight excluding hydrogens is 775 g/mol. The molecule has 0 N–H and O–H groups in total. The van der Waals surface area contributed by atoms with Gasteiger partial charge in [-0.25, -0.2) is 0 Å². The highest BCUT2D eigenvalue weighted by molar-refractivity contribution is 6.14. The number of anilines is 3. The number of hydrogen-bond acceptors (Lipinski definition) is 2. The molecule has 0 atom stereocenters. The van der Waals surface area contributed by atoms with Gasteiger partial charge in [-0.15, -0.1) is 0 Å². The highest BCUT2D eigenvalue weighted by atomic mass is 16.3. The second-order valence-electron chi connectivity index (χ2n) is 16.5. The van der Waals surface area contributed by atoms with Crippen LogP contribution in [0.25, 0.3) is 99.1 Å². The second kappa shape index (κ2) is 15.8. The van der Waals surface area contributed by atoms with Gasteiger partial charge in [0.15, 0.2) is 0 Å². The molecule has 0 aliphatic heterocycles. The molecule has 0 bridgehead atoms. The zero-order valence-electron chi connectivity index (χ0n) is 35.0. The van der Waals surface area contributed by atoms with Crippen molar-refractivity contribution in [3.8, 4) is 55.6 Å². The Labute approximate surface area is 372 Å². The number of benzene rings is 11. The summed E-state index contributed by atoms with van der Waals surface area (Å²) in [4.78, 5) is 2.35. The maximum absolute atomic E-state index is 6.51. The minimum Gasteiger partial charge on any atom is -0.455 e. The molecule has 1 aromatic heterocycles. The summed E-state index contributed by atoms with van der Waals surface area (Å²) in [6, 6.07) is 89.5. The molecule has 0 aliphatic rings. The van der Waals surface area contributed by atoms with Crippen molar-refractivity contribution in [2.24, 2.45) is 0 Å². The van der Waals surface area contributed by atoms with Crippen LogP contribution in [-0.4, -0.2) is 0 Å². The summed E-state index contributed by atoms with van der Waals surface area (Å²) in [6.07, 6.45) is 0. The number of para-hydroxylation sites is 1. The normalized spacial score (nSPS) is 11.4. The molecule has 0 saturated carbocycles. The van der Waals surface area contributed by atoms with Gasteiger partial charge in [-0.2, -0.15) is 0 Å². The van der Waals surface area contributed by atoms with Crippen LogP contribution in [0, 0.1) is 0 Å². The average molecular weight is 816 g/mol. The number of rotatable bonds is 8. The Bertz CT molecular complexity index is 3610. The van der Waals surface area contributed by atoms with E-state index in [2.05, 4.69) is 248 Å². The lowest BCUT2D eigenvalue weighted by molar-refractivity contribution is 0.670. The Balaban J connectivity index is 0.913. The first-order valence-corrected chi connectivity index (χ1v) is 21.9. The van der Waals surface area contributed by atoms with Gasteiger partial charge in [0.2, 0.25) is 0 Å². The predicted molar refractivity (Wildman–Crippen MR) is 271 cm³/mol. The van der Waals surface area contributed by atoms with Gasteiger partial charge in [0.05, 0.1) is 0 Å².